The molecule has 0 saturated carbocycles. The van der Waals surface area contributed by atoms with Gasteiger partial charge >= 0.3 is 0 Å². The molecule has 1 aromatic carbocycles. The number of benzene rings is 1. The summed E-state index contributed by atoms with van der Waals surface area (Å²) in [5.74, 6) is 2.08. The number of hydrogen-bond donors (Lipinski definition) is 0. The molecule has 0 unspecified atom stereocenters. The highest BCUT2D eigenvalue weighted by molar-refractivity contribution is 7.98. The first-order chi connectivity index (χ1) is 11.0. The van der Waals surface area contributed by atoms with E-state index in [0.29, 0.717) is 16.5 Å². The van der Waals surface area contributed by atoms with Crippen LogP contribution in [0.3, 0.4) is 0 Å². The van der Waals surface area contributed by atoms with Gasteiger partial charge < -0.3 is 9.47 Å². The maximum atomic E-state index is 6.21. The van der Waals surface area contributed by atoms with E-state index in [1.165, 1.54) is 11.8 Å². The molecule has 6 nitrogen and oxygen atoms in total. The molecule has 0 amide bonds. The lowest BCUT2D eigenvalue weighted by atomic mass is 10.2. The van der Waals surface area contributed by atoms with E-state index in [1.807, 2.05) is 26.2 Å². The van der Waals surface area contributed by atoms with Crippen molar-refractivity contribution in [3.05, 3.63) is 28.5 Å². The number of ether oxygens (including phenoxy) is 2. The molecule has 2 rings (SSSR count). The second-order valence-electron chi connectivity index (χ2n) is 4.99. The molecular formula is C15H19ClN4O2S. The highest BCUT2D eigenvalue weighted by atomic mass is 35.5. The Labute approximate surface area is 144 Å². The average molecular weight is 355 g/mol. The average Bonchev–Trinajstić information content (AvgIpc) is 2.95. The molecule has 0 bridgehead atoms. The Morgan fingerprint density at radius 3 is 2.57 bits per heavy atom. The van der Waals surface area contributed by atoms with Gasteiger partial charge in [0, 0.05) is 5.92 Å². The van der Waals surface area contributed by atoms with Gasteiger partial charge in [0.1, 0.15) is 0 Å². The zero-order valence-electron chi connectivity index (χ0n) is 13.7. The molecule has 23 heavy (non-hydrogen) atoms. The van der Waals surface area contributed by atoms with E-state index >= 15 is 0 Å². The van der Waals surface area contributed by atoms with Gasteiger partial charge in [0.2, 0.25) is 5.16 Å². The van der Waals surface area contributed by atoms with Crippen molar-refractivity contribution in [1.82, 2.24) is 14.9 Å². The summed E-state index contributed by atoms with van der Waals surface area (Å²) >= 11 is 7.70. The Morgan fingerprint density at radius 1 is 1.26 bits per heavy atom. The molecule has 1 heterocycles. The van der Waals surface area contributed by atoms with Crippen LogP contribution in [0, 0.1) is 0 Å². The fraction of sp³-hybridized carbons (Fsp3) is 0.400. The van der Waals surface area contributed by atoms with Gasteiger partial charge in [0.25, 0.3) is 0 Å². The molecule has 0 saturated heterocycles. The third-order valence-electron chi connectivity index (χ3n) is 3.11. The maximum absolute atomic E-state index is 6.21. The van der Waals surface area contributed by atoms with Crippen LogP contribution in [-0.2, 0) is 0 Å². The summed E-state index contributed by atoms with van der Waals surface area (Å²) in [7, 11) is 3.12. The summed E-state index contributed by atoms with van der Waals surface area (Å²) in [6.45, 7) is 4.10. The fourth-order valence-electron chi connectivity index (χ4n) is 2.01. The third kappa shape index (κ3) is 3.79. The summed E-state index contributed by atoms with van der Waals surface area (Å²) in [6.07, 6.45) is 3.64. The molecule has 0 radical (unpaired) electrons. The van der Waals surface area contributed by atoms with Crippen LogP contribution in [0.15, 0.2) is 22.4 Å². The number of rotatable bonds is 6. The van der Waals surface area contributed by atoms with Gasteiger partial charge in [-0.2, -0.15) is 9.78 Å². The maximum Gasteiger partial charge on any atom is 0.211 e. The first-order valence-corrected chi connectivity index (χ1v) is 8.57. The van der Waals surface area contributed by atoms with E-state index in [4.69, 9.17) is 21.1 Å². The zero-order chi connectivity index (χ0) is 17.0. The van der Waals surface area contributed by atoms with Crippen molar-refractivity contribution in [3.63, 3.8) is 0 Å². The van der Waals surface area contributed by atoms with Gasteiger partial charge in [-0.15, -0.1) is 10.2 Å². The molecular weight excluding hydrogens is 336 g/mol. The first kappa shape index (κ1) is 17.6. The normalized spacial score (nSPS) is 11.4. The lowest BCUT2D eigenvalue weighted by Crippen LogP contribution is -2.02. The minimum Gasteiger partial charge on any atom is -0.493 e. The van der Waals surface area contributed by atoms with E-state index < -0.39 is 0 Å². The summed E-state index contributed by atoms with van der Waals surface area (Å²) in [6, 6.07) is 3.58. The fourth-order valence-corrected chi connectivity index (χ4v) is 2.74. The lowest BCUT2D eigenvalue weighted by molar-refractivity contribution is 0.355. The largest absolute Gasteiger partial charge is 0.493 e. The van der Waals surface area contributed by atoms with Crippen LogP contribution in [-0.4, -0.2) is 41.6 Å². The smallest absolute Gasteiger partial charge is 0.211 e. The highest BCUT2D eigenvalue weighted by Crippen LogP contribution is 2.35. The molecule has 0 aliphatic heterocycles. The third-order valence-corrected chi connectivity index (χ3v) is 4.01. The predicted octanol–water partition coefficient (Wildman–Crippen LogP) is 3.68. The first-order valence-electron chi connectivity index (χ1n) is 6.97. The lowest BCUT2D eigenvalue weighted by Gasteiger charge is -2.10. The molecule has 0 aliphatic rings. The standard InChI is InChI=1S/C15H19ClN4O2S/c1-9(2)14-18-19-15(23-5)20(14)17-8-10-6-11(16)13(22-4)12(7-10)21-3/h6-9H,1-5H3/b17-8-. The minimum atomic E-state index is 0.217. The van der Waals surface area contributed by atoms with Crippen LogP contribution in [0.4, 0.5) is 0 Å². The van der Waals surface area contributed by atoms with Crippen LogP contribution >= 0.6 is 23.4 Å². The molecule has 0 spiro atoms. The zero-order valence-corrected chi connectivity index (χ0v) is 15.3. The van der Waals surface area contributed by atoms with Crippen molar-refractivity contribution >= 4 is 29.6 Å². The molecule has 0 fully saturated rings. The Balaban J connectivity index is 2.41. The van der Waals surface area contributed by atoms with Crippen LogP contribution in [0.25, 0.3) is 0 Å². The van der Waals surface area contributed by atoms with Crippen molar-refractivity contribution in [2.24, 2.45) is 5.10 Å². The van der Waals surface area contributed by atoms with E-state index in [2.05, 4.69) is 15.3 Å². The topological polar surface area (TPSA) is 61.5 Å². The second-order valence-corrected chi connectivity index (χ2v) is 6.17. The van der Waals surface area contributed by atoms with E-state index in [0.717, 1.165) is 16.5 Å². The van der Waals surface area contributed by atoms with Gasteiger partial charge in [-0.25, -0.2) is 0 Å². The van der Waals surface area contributed by atoms with E-state index in [1.54, 1.807) is 31.2 Å². The number of halogens is 1. The van der Waals surface area contributed by atoms with Crippen LogP contribution in [0.2, 0.25) is 5.02 Å². The van der Waals surface area contributed by atoms with Gasteiger partial charge in [-0.3, -0.25) is 0 Å². The van der Waals surface area contributed by atoms with Gasteiger partial charge in [0.15, 0.2) is 17.3 Å². The van der Waals surface area contributed by atoms with Gasteiger partial charge in [0.05, 0.1) is 25.5 Å². The predicted molar refractivity (Wildman–Crippen MR) is 93.4 cm³/mol. The SMILES string of the molecule is COc1cc(/C=N\n2c(SC)nnc2C(C)C)cc(Cl)c1OC. The number of hydrogen-bond acceptors (Lipinski definition) is 6. The molecule has 124 valence electrons. The van der Waals surface area contributed by atoms with Crippen LogP contribution in [0.5, 0.6) is 11.5 Å². The number of methoxy groups -OCH3 is 2. The van der Waals surface area contributed by atoms with Gasteiger partial charge in [-0.1, -0.05) is 37.2 Å². The summed E-state index contributed by atoms with van der Waals surface area (Å²) in [5.41, 5.74) is 0.795. The van der Waals surface area contributed by atoms with Gasteiger partial charge in [-0.05, 0) is 24.0 Å². The molecule has 8 heteroatoms. The van der Waals surface area contributed by atoms with Crippen molar-refractivity contribution in [2.45, 2.75) is 24.9 Å². The van der Waals surface area contributed by atoms with Crippen LogP contribution in [0.1, 0.15) is 31.2 Å². The Hall–Kier alpha value is -1.73. The molecule has 0 aliphatic carbocycles. The number of thioether (sulfide) groups is 1. The second kappa shape index (κ2) is 7.70. The Morgan fingerprint density at radius 2 is 2.00 bits per heavy atom. The van der Waals surface area contributed by atoms with E-state index in [-0.39, 0.29) is 5.92 Å². The van der Waals surface area contributed by atoms with E-state index in [9.17, 15) is 0 Å². The molecule has 0 atom stereocenters. The molecule has 1 aromatic heterocycles. The van der Waals surface area contributed by atoms with Crippen molar-refractivity contribution in [3.8, 4) is 11.5 Å². The Kier molecular flexibility index (Phi) is 5.90. The molecule has 0 N–H and O–H groups in total. The highest BCUT2D eigenvalue weighted by Gasteiger charge is 2.14. The van der Waals surface area contributed by atoms with Crippen LogP contribution < -0.4 is 9.47 Å². The number of aromatic nitrogens is 3. The summed E-state index contributed by atoms with van der Waals surface area (Å²) in [4.78, 5) is 0. The summed E-state index contributed by atoms with van der Waals surface area (Å²) < 4.78 is 12.3. The van der Waals surface area contributed by atoms with Crippen molar-refractivity contribution < 1.29 is 9.47 Å². The van der Waals surface area contributed by atoms with Crippen molar-refractivity contribution in [1.29, 1.82) is 0 Å². The summed E-state index contributed by atoms with van der Waals surface area (Å²) in [5, 5.41) is 14.0. The molecule has 2 aromatic rings. The minimum absolute atomic E-state index is 0.217. The number of nitrogens with zero attached hydrogens (tertiary/aromatic N) is 4. The van der Waals surface area contributed by atoms with Crippen molar-refractivity contribution in [2.75, 3.05) is 20.5 Å². The Bertz CT molecular complexity index is 716. The monoisotopic (exact) mass is 354 g/mol. The quantitative estimate of drug-likeness (QED) is 0.585.